The Balaban J connectivity index is 2.31. The minimum absolute atomic E-state index is 0.0532. The molecule has 1 heterocycles. The number of nitrogens with one attached hydrogen (secondary N) is 1. The van der Waals surface area contributed by atoms with Crippen LogP contribution in [-0.4, -0.2) is 47.1 Å². The molecular formula is C13H24N2O3. The van der Waals surface area contributed by atoms with Crippen LogP contribution in [0.15, 0.2) is 0 Å². The molecule has 5 nitrogen and oxygen atoms in total. The van der Waals surface area contributed by atoms with E-state index in [4.69, 9.17) is 5.11 Å². The molecule has 0 spiro atoms. The summed E-state index contributed by atoms with van der Waals surface area (Å²) in [6, 6.07) is 0.0895. The lowest BCUT2D eigenvalue weighted by Crippen LogP contribution is -2.57. The number of carbonyl (C=O) groups is 2. The second-order valence-electron chi connectivity index (χ2n) is 5.12. The molecule has 0 aromatic rings. The van der Waals surface area contributed by atoms with E-state index >= 15 is 0 Å². The first-order valence-electron chi connectivity index (χ1n) is 6.74. The summed E-state index contributed by atoms with van der Waals surface area (Å²) in [6.45, 7) is 7.43. The molecule has 0 aromatic carbocycles. The third-order valence-corrected chi connectivity index (χ3v) is 3.71. The molecular weight excluding hydrogens is 232 g/mol. The maximum atomic E-state index is 12.0. The van der Waals surface area contributed by atoms with E-state index in [2.05, 4.69) is 19.2 Å². The maximum absolute atomic E-state index is 12.0. The van der Waals surface area contributed by atoms with Crippen molar-refractivity contribution in [3.05, 3.63) is 0 Å². The SMILES string of the molecule is CCC(CC)NC(=O)C(C)N1CC(CC(=O)O)C1. The third kappa shape index (κ3) is 3.98. The lowest BCUT2D eigenvalue weighted by molar-refractivity contribution is -0.140. The van der Waals surface area contributed by atoms with E-state index in [0.717, 1.165) is 12.8 Å². The summed E-state index contributed by atoms with van der Waals surface area (Å²) in [5, 5.41) is 11.7. The van der Waals surface area contributed by atoms with Crippen LogP contribution in [0.3, 0.4) is 0 Å². The van der Waals surface area contributed by atoms with E-state index in [0.29, 0.717) is 13.1 Å². The highest BCUT2D eigenvalue weighted by atomic mass is 16.4. The van der Waals surface area contributed by atoms with Crippen LogP contribution >= 0.6 is 0 Å². The fraction of sp³-hybridized carbons (Fsp3) is 0.846. The molecule has 0 saturated carbocycles. The number of rotatable bonds is 7. The standard InChI is InChI=1S/C13H24N2O3/c1-4-11(5-2)14-13(18)9(3)15-7-10(8-15)6-12(16)17/h9-11H,4-8H2,1-3H3,(H,14,18)(H,16,17). The van der Waals surface area contributed by atoms with Gasteiger partial charge in [-0.15, -0.1) is 0 Å². The predicted octanol–water partition coefficient (Wildman–Crippen LogP) is 1.09. The van der Waals surface area contributed by atoms with Gasteiger partial charge in [-0.1, -0.05) is 13.8 Å². The second-order valence-corrected chi connectivity index (χ2v) is 5.12. The quantitative estimate of drug-likeness (QED) is 0.715. The van der Waals surface area contributed by atoms with Gasteiger partial charge in [0.1, 0.15) is 0 Å². The molecule has 1 aliphatic rings. The Bertz CT molecular complexity index is 297. The normalized spacial score (nSPS) is 18.4. The van der Waals surface area contributed by atoms with Crippen molar-refractivity contribution >= 4 is 11.9 Å². The highest BCUT2D eigenvalue weighted by molar-refractivity contribution is 5.81. The van der Waals surface area contributed by atoms with E-state index in [1.165, 1.54) is 0 Å². The average Bonchev–Trinajstić information content (AvgIpc) is 2.28. The zero-order chi connectivity index (χ0) is 13.7. The molecule has 5 heteroatoms. The molecule has 0 radical (unpaired) electrons. The minimum atomic E-state index is -0.756. The van der Waals surface area contributed by atoms with Crippen LogP contribution in [0.5, 0.6) is 0 Å². The van der Waals surface area contributed by atoms with Crippen molar-refractivity contribution in [3.63, 3.8) is 0 Å². The molecule has 0 aliphatic carbocycles. The van der Waals surface area contributed by atoms with Crippen molar-refractivity contribution in [2.75, 3.05) is 13.1 Å². The molecule has 1 rings (SSSR count). The van der Waals surface area contributed by atoms with Crippen LogP contribution in [0.2, 0.25) is 0 Å². The molecule has 1 aliphatic heterocycles. The Morgan fingerprint density at radius 2 is 1.89 bits per heavy atom. The van der Waals surface area contributed by atoms with E-state index in [9.17, 15) is 9.59 Å². The van der Waals surface area contributed by atoms with E-state index in [1.807, 2.05) is 11.8 Å². The van der Waals surface area contributed by atoms with Gasteiger partial charge in [0.25, 0.3) is 0 Å². The fourth-order valence-corrected chi connectivity index (χ4v) is 2.28. The summed E-state index contributed by atoms with van der Waals surface area (Å²) in [7, 11) is 0. The first-order chi connectivity index (χ1) is 8.47. The van der Waals surface area contributed by atoms with Crippen molar-refractivity contribution in [3.8, 4) is 0 Å². The fourth-order valence-electron chi connectivity index (χ4n) is 2.28. The number of carbonyl (C=O) groups excluding carboxylic acids is 1. The molecule has 0 bridgehead atoms. The molecule has 1 unspecified atom stereocenters. The van der Waals surface area contributed by atoms with Crippen LogP contribution < -0.4 is 5.32 Å². The summed E-state index contributed by atoms with van der Waals surface area (Å²) >= 11 is 0. The Labute approximate surface area is 109 Å². The largest absolute Gasteiger partial charge is 0.481 e. The van der Waals surface area contributed by atoms with Crippen molar-refractivity contribution < 1.29 is 14.7 Å². The number of amides is 1. The van der Waals surface area contributed by atoms with E-state index in [1.54, 1.807) is 0 Å². The Morgan fingerprint density at radius 1 is 1.33 bits per heavy atom. The van der Waals surface area contributed by atoms with Gasteiger partial charge in [-0.3, -0.25) is 14.5 Å². The molecule has 1 fully saturated rings. The van der Waals surface area contributed by atoms with E-state index in [-0.39, 0.29) is 30.3 Å². The Kier molecular flexibility index (Phi) is 5.59. The zero-order valence-corrected chi connectivity index (χ0v) is 11.5. The first kappa shape index (κ1) is 15.0. The molecule has 1 amide bonds. The summed E-state index contributed by atoms with van der Waals surface area (Å²) in [4.78, 5) is 24.5. The van der Waals surface area contributed by atoms with Crippen molar-refractivity contribution in [1.82, 2.24) is 10.2 Å². The predicted molar refractivity (Wildman–Crippen MR) is 69.3 cm³/mol. The molecule has 2 N–H and O–H groups in total. The second kappa shape index (κ2) is 6.73. The van der Waals surface area contributed by atoms with Crippen LogP contribution in [0.25, 0.3) is 0 Å². The van der Waals surface area contributed by atoms with Crippen LogP contribution in [-0.2, 0) is 9.59 Å². The number of aliphatic carboxylic acids is 1. The molecule has 1 saturated heterocycles. The number of hydrogen-bond acceptors (Lipinski definition) is 3. The highest BCUT2D eigenvalue weighted by Gasteiger charge is 2.34. The number of carboxylic acid groups (broad SMARTS) is 1. The Morgan fingerprint density at radius 3 is 2.33 bits per heavy atom. The van der Waals surface area contributed by atoms with Gasteiger partial charge < -0.3 is 10.4 Å². The van der Waals surface area contributed by atoms with Gasteiger partial charge in [-0.2, -0.15) is 0 Å². The van der Waals surface area contributed by atoms with Gasteiger partial charge in [-0.05, 0) is 25.7 Å². The van der Waals surface area contributed by atoms with E-state index < -0.39 is 5.97 Å². The third-order valence-electron chi connectivity index (χ3n) is 3.71. The van der Waals surface area contributed by atoms with Crippen LogP contribution in [0.4, 0.5) is 0 Å². The lowest BCUT2D eigenvalue weighted by atomic mass is 9.94. The zero-order valence-electron chi connectivity index (χ0n) is 11.5. The van der Waals surface area contributed by atoms with Gasteiger partial charge in [0.2, 0.25) is 5.91 Å². The molecule has 1 atom stereocenters. The van der Waals surface area contributed by atoms with Gasteiger partial charge in [0.05, 0.1) is 12.5 Å². The van der Waals surface area contributed by atoms with Crippen molar-refractivity contribution in [2.45, 2.75) is 52.1 Å². The molecule has 104 valence electrons. The molecule has 18 heavy (non-hydrogen) atoms. The summed E-state index contributed by atoms with van der Waals surface area (Å²) < 4.78 is 0. The number of carboxylic acids is 1. The molecule has 0 aromatic heterocycles. The average molecular weight is 256 g/mol. The van der Waals surface area contributed by atoms with Crippen LogP contribution in [0, 0.1) is 5.92 Å². The van der Waals surface area contributed by atoms with Gasteiger partial charge in [-0.25, -0.2) is 0 Å². The highest BCUT2D eigenvalue weighted by Crippen LogP contribution is 2.21. The van der Waals surface area contributed by atoms with Gasteiger partial charge in [0.15, 0.2) is 0 Å². The summed E-state index contributed by atoms with van der Waals surface area (Å²) in [6.07, 6.45) is 2.09. The summed E-state index contributed by atoms with van der Waals surface area (Å²) in [5.74, 6) is -0.503. The monoisotopic (exact) mass is 256 g/mol. The Hall–Kier alpha value is -1.10. The lowest BCUT2D eigenvalue weighted by Gasteiger charge is -2.42. The topological polar surface area (TPSA) is 69.6 Å². The number of hydrogen-bond donors (Lipinski definition) is 2. The minimum Gasteiger partial charge on any atom is -0.481 e. The number of nitrogens with zero attached hydrogens (tertiary/aromatic N) is 1. The van der Waals surface area contributed by atoms with Crippen LogP contribution in [0.1, 0.15) is 40.0 Å². The number of likely N-dealkylation sites (tertiary alicyclic amines) is 1. The maximum Gasteiger partial charge on any atom is 0.303 e. The van der Waals surface area contributed by atoms with Crippen molar-refractivity contribution in [2.24, 2.45) is 5.92 Å². The first-order valence-corrected chi connectivity index (χ1v) is 6.74. The smallest absolute Gasteiger partial charge is 0.303 e. The van der Waals surface area contributed by atoms with Crippen molar-refractivity contribution in [1.29, 1.82) is 0 Å². The summed E-state index contributed by atoms with van der Waals surface area (Å²) in [5.41, 5.74) is 0. The van der Waals surface area contributed by atoms with Gasteiger partial charge in [0, 0.05) is 19.1 Å². The van der Waals surface area contributed by atoms with Gasteiger partial charge >= 0.3 is 5.97 Å².